The molecule has 2 saturated heterocycles. The second-order valence-electron chi connectivity index (χ2n) is 6.88. The number of hydrogen-bond donors (Lipinski definition) is 1. The van der Waals surface area contributed by atoms with Crippen LogP contribution in [0.3, 0.4) is 0 Å². The molecule has 2 aliphatic heterocycles. The molecular weight excluding hydrogens is 196 g/mol. The molecule has 0 radical (unpaired) electrons. The Morgan fingerprint density at radius 1 is 1.19 bits per heavy atom. The molecule has 3 fully saturated rings. The number of piperidine rings is 1. The fraction of sp³-hybridized carbons (Fsp3) is 1.00. The van der Waals surface area contributed by atoms with Crippen LogP contribution in [-0.2, 0) is 0 Å². The number of likely N-dealkylation sites (tertiary alicyclic amines) is 1. The van der Waals surface area contributed by atoms with E-state index in [1.165, 1.54) is 58.3 Å². The fourth-order valence-corrected chi connectivity index (χ4v) is 3.99. The topological polar surface area (TPSA) is 15.3 Å². The molecule has 2 heteroatoms. The van der Waals surface area contributed by atoms with Gasteiger partial charge < -0.3 is 5.32 Å². The smallest absolute Gasteiger partial charge is 0.0153 e. The first-order valence-corrected chi connectivity index (χ1v) is 7.08. The second kappa shape index (κ2) is 3.71. The van der Waals surface area contributed by atoms with E-state index in [4.69, 9.17) is 0 Å². The lowest BCUT2D eigenvalue weighted by atomic mass is 9.91. The molecule has 0 aromatic carbocycles. The highest BCUT2D eigenvalue weighted by Crippen LogP contribution is 2.59. The predicted octanol–water partition coefficient (Wildman–Crippen LogP) is 2.25. The quantitative estimate of drug-likeness (QED) is 0.771. The van der Waals surface area contributed by atoms with Crippen molar-refractivity contribution in [3.63, 3.8) is 0 Å². The molecule has 92 valence electrons. The van der Waals surface area contributed by atoms with E-state index in [0.717, 1.165) is 11.3 Å². The van der Waals surface area contributed by atoms with E-state index >= 15 is 0 Å². The Morgan fingerprint density at radius 2 is 1.94 bits per heavy atom. The molecule has 0 aromatic heterocycles. The normalized spacial score (nSPS) is 36.8. The molecule has 1 spiro atoms. The number of hydrogen-bond acceptors (Lipinski definition) is 2. The molecular formula is C14H26N2. The first-order chi connectivity index (χ1) is 7.62. The molecule has 1 saturated carbocycles. The standard InChI is InChI=1S/C14H26N2/c1-13(2)4-3-9-16(13)11-12-10-14(12)5-7-15-8-6-14/h12,15H,3-11H2,1-2H3. The summed E-state index contributed by atoms with van der Waals surface area (Å²) in [5.41, 5.74) is 1.25. The SMILES string of the molecule is CC1(C)CCCN1CC1CC12CCNCC2. The highest BCUT2D eigenvalue weighted by Gasteiger charge is 2.54. The summed E-state index contributed by atoms with van der Waals surface area (Å²) in [7, 11) is 0. The molecule has 1 aliphatic carbocycles. The monoisotopic (exact) mass is 222 g/mol. The van der Waals surface area contributed by atoms with Crippen LogP contribution in [-0.4, -0.2) is 36.6 Å². The first kappa shape index (κ1) is 11.0. The van der Waals surface area contributed by atoms with Crippen LogP contribution >= 0.6 is 0 Å². The van der Waals surface area contributed by atoms with Gasteiger partial charge in [0.05, 0.1) is 0 Å². The van der Waals surface area contributed by atoms with Gasteiger partial charge in [-0.25, -0.2) is 0 Å². The van der Waals surface area contributed by atoms with Gasteiger partial charge in [-0.15, -0.1) is 0 Å². The summed E-state index contributed by atoms with van der Waals surface area (Å²) < 4.78 is 0. The summed E-state index contributed by atoms with van der Waals surface area (Å²) in [4.78, 5) is 2.76. The highest BCUT2D eigenvalue weighted by molar-refractivity contribution is 5.06. The molecule has 2 heterocycles. The van der Waals surface area contributed by atoms with Crippen LogP contribution in [0.2, 0.25) is 0 Å². The minimum Gasteiger partial charge on any atom is -0.317 e. The van der Waals surface area contributed by atoms with Gasteiger partial charge in [-0.05, 0) is 76.9 Å². The van der Waals surface area contributed by atoms with Crippen LogP contribution in [0.15, 0.2) is 0 Å². The summed E-state index contributed by atoms with van der Waals surface area (Å²) >= 11 is 0. The number of nitrogens with one attached hydrogen (secondary N) is 1. The van der Waals surface area contributed by atoms with Gasteiger partial charge in [-0.1, -0.05) is 0 Å². The van der Waals surface area contributed by atoms with Gasteiger partial charge in [0, 0.05) is 12.1 Å². The third-order valence-electron chi connectivity index (χ3n) is 5.47. The maximum Gasteiger partial charge on any atom is 0.0153 e. The van der Waals surface area contributed by atoms with E-state index in [1.54, 1.807) is 0 Å². The Balaban J connectivity index is 1.57. The van der Waals surface area contributed by atoms with E-state index in [1.807, 2.05) is 0 Å². The van der Waals surface area contributed by atoms with Crippen molar-refractivity contribution in [2.75, 3.05) is 26.2 Å². The van der Waals surface area contributed by atoms with Gasteiger partial charge in [0.1, 0.15) is 0 Å². The van der Waals surface area contributed by atoms with Crippen molar-refractivity contribution < 1.29 is 0 Å². The molecule has 3 aliphatic rings. The van der Waals surface area contributed by atoms with Crippen molar-refractivity contribution in [3.05, 3.63) is 0 Å². The molecule has 1 atom stereocenters. The van der Waals surface area contributed by atoms with Crippen LogP contribution in [0, 0.1) is 11.3 Å². The molecule has 0 amide bonds. The largest absolute Gasteiger partial charge is 0.317 e. The van der Waals surface area contributed by atoms with Crippen molar-refractivity contribution in [1.29, 1.82) is 0 Å². The highest BCUT2D eigenvalue weighted by atomic mass is 15.2. The Hall–Kier alpha value is -0.0800. The number of nitrogens with zero attached hydrogens (tertiary/aromatic N) is 1. The second-order valence-corrected chi connectivity index (χ2v) is 6.88. The third kappa shape index (κ3) is 1.80. The van der Waals surface area contributed by atoms with Crippen LogP contribution in [0.1, 0.15) is 46.0 Å². The van der Waals surface area contributed by atoms with Crippen molar-refractivity contribution in [2.24, 2.45) is 11.3 Å². The van der Waals surface area contributed by atoms with Gasteiger partial charge in [0.25, 0.3) is 0 Å². The van der Waals surface area contributed by atoms with E-state index in [9.17, 15) is 0 Å². The van der Waals surface area contributed by atoms with E-state index in [2.05, 4.69) is 24.1 Å². The minimum absolute atomic E-state index is 0.483. The summed E-state index contributed by atoms with van der Waals surface area (Å²) in [6.07, 6.45) is 7.20. The summed E-state index contributed by atoms with van der Waals surface area (Å²) in [5.74, 6) is 1.02. The molecule has 1 N–H and O–H groups in total. The van der Waals surface area contributed by atoms with Gasteiger partial charge in [0.15, 0.2) is 0 Å². The summed E-state index contributed by atoms with van der Waals surface area (Å²) in [5, 5.41) is 3.50. The third-order valence-corrected chi connectivity index (χ3v) is 5.47. The molecule has 0 aromatic rings. The van der Waals surface area contributed by atoms with Crippen LogP contribution < -0.4 is 5.32 Å². The Labute approximate surface area is 99.8 Å². The van der Waals surface area contributed by atoms with E-state index in [-0.39, 0.29) is 0 Å². The molecule has 3 rings (SSSR count). The lowest BCUT2D eigenvalue weighted by Gasteiger charge is -2.33. The zero-order valence-corrected chi connectivity index (χ0v) is 10.9. The lowest BCUT2D eigenvalue weighted by molar-refractivity contribution is 0.153. The Bertz CT molecular complexity index is 266. The van der Waals surface area contributed by atoms with Crippen molar-refractivity contribution >= 4 is 0 Å². The molecule has 0 bridgehead atoms. The van der Waals surface area contributed by atoms with Crippen LogP contribution in [0.4, 0.5) is 0 Å². The van der Waals surface area contributed by atoms with Gasteiger partial charge in [-0.3, -0.25) is 4.90 Å². The summed E-state index contributed by atoms with van der Waals surface area (Å²) in [6, 6.07) is 0. The zero-order chi connectivity index (χ0) is 11.2. The Morgan fingerprint density at radius 3 is 2.56 bits per heavy atom. The van der Waals surface area contributed by atoms with Gasteiger partial charge in [-0.2, -0.15) is 0 Å². The summed E-state index contributed by atoms with van der Waals surface area (Å²) in [6.45, 7) is 10.1. The minimum atomic E-state index is 0.483. The fourth-order valence-electron chi connectivity index (χ4n) is 3.99. The predicted molar refractivity (Wildman–Crippen MR) is 67.5 cm³/mol. The lowest BCUT2D eigenvalue weighted by Crippen LogP contribution is -2.40. The zero-order valence-electron chi connectivity index (χ0n) is 10.9. The van der Waals surface area contributed by atoms with E-state index in [0.29, 0.717) is 5.54 Å². The average molecular weight is 222 g/mol. The van der Waals surface area contributed by atoms with Crippen molar-refractivity contribution in [2.45, 2.75) is 51.5 Å². The molecule has 2 nitrogen and oxygen atoms in total. The van der Waals surface area contributed by atoms with Crippen molar-refractivity contribution in [1.82, 2.24) is 10.2 Å². The van der Waals surface area contributed by atoms with Gasteiger partial charge >= 0.3 is 0 Å². The maximum atomic E-state index is 3.50. The first-order valence-electron chi connectivity index (χ1n) is 7.08. The van der Waals surface area contributed by atoms with Crippen molar-refractivity contribution in [3.8, 4) is 0 Å². The van der Waals surface area contributed by atoms with Crippen LogP contribution in [0.5, 0.6) is 0 Å². The maximum absolute atomic E-state index is 3.50. The van der Waals surface area contributed by atoms with Gasteiger partial charge in [0.2, 0.25) is 0 Å². The Kier molecular flexibility index (Phi) is 2.56. The average Bonchev–Trinajstić information content (AvgIpc) is 2.77. The molecule has 16 heavy (non-hydrogen) atoms. The van der Waals surface area contributed by atoms with E-state index < -0.39 is 0 Å². The molecule has 1 unspecified atom stereocenters. The van der Waals surface area contributed by atoms with Crippen LogP contribution in [0.25, 0.3) is 0 Å². The number of rotatable bonds is 2.